The summed E-state index contributed by atoms with van der Waals surface area (Å²) in [6.07, 6.45) is 0. The number of halogens is 1. The molecule has 1 amide bonds. The van der Waals surface area contributed by atoms with Crippen LogP contribution in [0.25, 0.3) is 0 Å². The Morgan fingerprint density at radius 1 is 1.40 bits per heavy atom. The van der Waals surface area contributed by atoms with Gasteiger partial charge >= 0.3 is 0 Å². The van der Waals surface area contributed by atoms with Gasteiger partial charge in [-0.15, -0.1) is 0 Å². The Morgan fingerprint density at radius 3 is 2.90 bits per heavy atom. The fourth-order valence-corrected chi connectivity index (χ4v) is 1.60. The lowest BCUT2D eigenvalue weighted by Crippen LogP contribution is -2.31. The smallest absolute Gasteiger partial charge is 0.258 e. The minimum absolute atomic E-state index is 0.121. The first-order valence-corrected chi connectivity index (χ1v) is 6.55. The molecule has 2 N–H and O–H groups in total. The normalized spacial score (nSPS) is 10.3. The Balaban J connectivity index is 2.55. The summed E-state index contributed by atoms with van der Waals surface area (Å²) in [5.41, 5.74) is 0.691. The molecule has 1 aromatic carbocycles. The number of amides is 1. The summed E-state index contributed by atoms with van der Waals surface area (Å²) in [6, 6.07) is 4.70. The van der Waals surface area contributed by atoms with E-state index in [0.717, 1.165) is 6.54 Å². The minimum atomic E-state index is -0.468. The van der Waals surface area contributed by atoms with Gasteiger partial charge in [-0.1, -0.05) is 19.1 Å². The topological polar surface area (TPSA) is 59.6 Å². The van der Waals surface area contributed by atoms with Gasteiger partial charge in [-0.05, 0) is 12.6 Å². The quantitative estimate of drug-likeness (QED) is 0.666. The van der Waals surface area contributed by atoms with E-state index in [1.807, 2.05) is 6.92 Å². The van der Waals surface area contributed by atoms with Crippen molar-refractivity contribution in [1.82, 2.24) is 10.6 Å². The average molecular weight is 284 g/mol. The zero-order valence-corrected chi connectivity index (χ0v) is 11.9. The zero-order valence-electron chi connectivity index (χ0n) is 11.9. The Labute approximate surface area is 118 Å². The molecule has 1 rings (SSSR count). The van der Waals surface area contributed by atoms with Crippen molar-refractivity contribution in [2.75, 3.05) is 33.4 Å². The van der Waals surface area contributed by atoms with Crippen LogP contribution < -0.4 is 15.4 Å². The molecular weight excluding hydrogens is 263 g/mol. The Hall–Kier alpha value is -1.66. The Kier molecular flexibility index (Phi) is 7.60. The minimum Gasteiger partial charge on any atom is -0.480 e. The molecule has 0 aromatic heterocycles. The second kappa shape index (κ2) is 9.28. The van der Waals surface area contributed by atoms with Crippen molar-refractivity contribution in [2.24, 2.45) is 0 Å². The highest BCUT2D eigenvalue weighted by molar-refractivity contribution is 5.77. The van der Waals surface area contributed by atoms with Crippen LogP contribution in [0.2, 0.25) is 0 Å². The zero-order chi connectivity index (χ0) is 14.8. The van der Waals surface area contributed by atoms with Gasteiger partial charge in [0.25, 0.3) is 5.91 Å². The molecular formula is C14H21FN2O3. The van der Waals surface area contributed by atoms with E-state index in [1.165, 1.54) is 6.07 Å². The molecule has 1 aromatic rings. The summed E-state index contributed by atoms with van der Waals surface area (Å²) < 4.78 is 23.8. The molecule has 0 atom stereocenters. The monoisotopic (exact) mass is 284 g/mol. The molecule has 112 valence electrons. The maximum absolute atomic E-state index is 13.7. The first kappa shape index (κ1) is 16.4. The van der Waals surface area contributed by atoms with Crippen molar-refractivity contribution in [1.29, 1.82) is 0 Å². The average Bonchev–Trinajstić information content (AvgIpc) is 2.44. The van der Waals surface area contributed by atoms with Crippen LogP contribution in [0.15, 0.2) is 18.2 Å². The van der Waals surface area contributed by atoms with Crippen LogP contribution in [0.4, 0.5) is 4.39 Å². The maximum Gasteiger partial charge on any atom is 0.258 e. The predicted molar refractivity (Wildman–Crippen MR) is 74.2 cm³/mol. The third-order valence-electron chi connectivity index (χ3n) is 2.59. The maximum atomic E-state index is 13.7. The molecule has 0 aliphatic carbocycles. The first-order chi connectivity index (χ1) is 9.69. The highest BCUT2D eigenvalue weighted by Crippen LogP contribution is 2.22. The molecule has 0 heterocycles. The summed E-state index contributed by atoms with van der Waals surface area (Å²) >= 11 is 0. The summed E-state index contributed by atoms with van der Waals surface area (Å²) in [6.45, 7) is 3.84. The number of hydrogen-bond acceptors (Lipinski definition) is 4. The van der Waals surface area contributed by atoms with Gasteiger partial charge in [0, 0.05) is 25.8 Å². The van der Waals surface area contributed by atoms with Crippen LogP contribution in [0.5, 0.6) is 5.75 Å². The SMILES string of the molecule is CCNCc1cccc(F)c1OCC(=O)NCCOC. The van der Waals surface area contributed by atoms with Gasteiger partial charge in [0.05, 0.1) is 6.61 Å². The van der Waals surface area contributed by atoms with Gasteiger partial charge in [0.2, 0.25) is 0 Å². The lowest BCUT2D eigenvalue weighted by Gasteiger charge is -2.12. The van der Waals surface area contributed by atoms with Gasteiger partial charge in [-0.25, -0.2) is 4.39 Å². The summed E-state index contributed by atoms with van der Waals surface area (Å²) in [4.78, 5) is 11.5. The van der Waals surface area contributed by atoms with E-state index >= 15 is 0 Å². The molecule has 0 fully saturated rings. The van der Waals surface area contributed by atoms with Crippen LogP contribution in [-0.2, 0) is 16.1 Å². The van der Waals surface area contributed by atoms with Gasteiger partial charge in [0.1, 0.15) is 0 Å². The fourth-order valence-electron chi connectivity index (χ4n) is 1.60. The third kappa shape index (κ3) is 5.54. The molecule has 0 bridgehead atoms. The van der Waals surface area contributed by atoms with E-state index in [4.69, 9.17) is 9.47 Å². The molecule has 0 saturated carbocycles. The molecule has 0 spiro atoms. The van der Waals surface area contributed by atoms with Crippen molar-refractivity contribution in [2.45, 2.75) is 13.5 Å². The largest absolute Gasteiger partial charge is 0.480 e. The number of rotatable bonds is 9. The van der Waals surface area contributed by atoms with Gasteiger partial charge in [-0.3, -0.25) is 4.79 Å². The predicted octanol–water partition coefficient (Wildman–Crippen LogP) is 1.08. The van der Waals surface area contributed by atoms with Crippen LogP contribution in [0.3, 0.4) is 0 Å². The van der Waals surface area contributed by atoms with E-state index in [2.05, 4.69) is 10.6 Å². The van der Waals surface area contributed by atoms with Crippen LogP contribution in [-0.4, -0.2) is 39.3 Å². The standard InChI is InChI=1S/C14H21FN2O3/c1-3-16-9-11-5-4-6-12(15)14(11)20-10-13(18)17-7-8-19-2/h4-6,16H,3,7-10H2,1-2H3,(H,17,18). The van der Waals surface area contributed by atoms with Crippen LogP contribution in [0.1, 0.15) is 12.5 Å². The number of benzene rings is 1. The Bertz CT molecular complexity index is 427. The van der Waals surface area contributed by atoms with E-state index in [1.54, 1.807) is 19.2 Å². The number of carbonyl (C=O) groups excluding carboxylic acids is 1. The lowest BCUT2D eigenvalue weighted by molar-refractivity contribution is -0.123. The molecule has 0 aliphatic rings. The highest BCUT2D eigenvalue weighted by atomic mass is 19.1. The van der Waals surface area contributed by atoms with E-state index in [-0.39, 0.29) is 18.3 Å². The van der Waals surface area contributed by atoms with Crippen molar-refractivity contribution in [3.8, 4) is 5.75 Å². The second-order valence-corrected chi connectivity index (χ2v) is 4.14. The van der Waals surface area contributed by atoms with Gasteiger partial charge in [-0.2, -0.15) is 0 Å². The Morgan fingerprint density at radius 2 is 2.20 bits per heavy atom. The molecule has 0 aliphatic heterocycles. The lowest BCUT2D eigenvalue weighted by atomic mass is 10.2. The van der Waals surface area contributed by atoms with Crippen molar-refractivity contribution >= 4 is 5.91 Å². The number of nitrogens with one attached hydrogen (secondary N) is 2. The fraction of sp³-hybridized carbons (Fsp3) is 0.500. The van der Waals surface area contributed by atoms with Crippen molar-refractivity contribution in [3.05, 3.63) is 29.6 Å². The van der Waals surface area contributed by atoms with Crippen LogP contribution >= 0.6 is 0 Å². The van der Waals surface area contributed by atoms with Crippen LogP contribution in [0, 0.1) is 5.82 Å². The van der Waals surface area contributed by atoms with Crippen molar-refractivity contribution < 1.29 is 18.7 Å². The van der Waals surface area contributed by atoms with Gasteiger partial charge < -0.3 is 20.1 Å². The summed E-state index contributed by atoms with van der Waals surface area (Å²) in [7, 11) is 1.55. The van der Waals surface area contributed by atoms with Crippen molar-refractivity contribution in [3.63, 3.8) is 0 Å². The second-order valence-electron chi connectivity index (χ2n) is 4.14. The first-order valence-electron chi connectivity index (χ1n) is 6.55. The van der Waals surface area contributed by atoms with Gasteiger partial charge in [0.15, 0.2) is 18.2 Å². The number of ether oxygens (including phenoxy) is 2. The number of methoxy groups -OCH3 is 1. The molecule has 5 nitrogen and oxygen atoms in total. The number of hydrogen-bond donors (Lipinski definition) is 2. The number of para-hydroxylation sites is 1. The summed E-state index contributed by atoms with van der Waals surface area (Å²) in [5, 5.41) is 5.71. The number of carbonyl (C=O) groups is 1. The van der Waals surface area contributed by atoms with E-state index in [9.17, 15) is 9.18 Å². The summed E-state index contributed by atoms with van der Waals surface area (Å²) in [5.74, 6) is -0.653. The third-order valence-corrected chi connectivity index (χ3v) is 2.59. The molecule has 0 radical (unpaired) electrons. The van der Waals surface area contributed by atoms with E-state index < -0.39 is 5.82 Å². The molecule has 6 heteroatoms. The molecule has 0 saturated heterocycles. The molecule has 20 heavy (non-hydrogen) atoms. The van der Waals surface area contributed by atoms with E-state index in [0.29, 0.717) is 25.3 Å². The molecule has 0 unspecified atom stereocenters. The highest BCUT2D eigenvalue weighted by Gasteiger charge is 2.11.